The summed E-state index contributed by atoms with van der Waals surface area (Å²) in [7, 11) is 0. The molecule has 3 nitrogen and oxygen atoms in total. The Morgan fingerprint density at radius 2 is 1.78 bits per heavy atom. The quantitative estimate of drug-likeness (QED) is 0.842. The second-order valence-corrected chi connectivity index (χ2v) is 8.09. The van der Waals surface area contributed by atoms with E-state index in [1.54, 1.807) is 0 Å². The highest BCUT2D eigenvalue weighted by atomic mass is 35.5. The van der Waals surface area contributed by atoms with Gasteiger partial charge in [-0.2, -0.15) is 0 Å². The minimum Gasteiger partial charge on any atom is -0.339 e. The predicted molar refractivity (Wildman–Crippen MR) is 92.4 cm³/mol. The van der Waals surface area contributed by atoms with E-state index in [-0.39, 0.29) is 0 Å². The van der Waals surface area contributed by atoms with E-state index in [0.29, 0.717) is 17.4 Å². The molecule has 1 saturated carbocycles. The van der Waals surface area contributed by atoms with Crippen LogP contribution in [0.15, 0.2) is 24.3 Å². The zero-order valence-electron chi connectivity index (χ0n) is 13.6. The van der Waals surface area contributed by atoms with Gasteiger partial charge >= 0.3 is 0 Å². The standard InChI is InChI=1S/C19H25ClN2O/c20-16-3-1-15(2-4-16)13-21-11-9-19(10-12-21)8-7-18(23)22(14-19)17-5-6-17/h1-4,17H,5-14H2. The summed E-state index contributed by atoms with van der Waals surface area (Å²) in [5.41, 5.74) is 1.73. The lowest BCUT2D eigenvalue weighted by atomic mass is 9.72. The first-order valence-electron chi connectivity index (χ1n) is 8.90. The average Bonchev–Trinajstić information content (AvgIpc) is 3.39. The van der Waals surface area contributed by atoms with Gasteiger partial charge in [0.2, 0.25) is 5.91 Å². The smallest absolute Gasteiger partial charge is 0.222 e. The molecule has 1 aromatic carbocycles. The van der Waals surface area contributed by atoms with Crippen LogP contribution in [-0.2, 0) is 11.3 Å². The normalized spacial score (nSPS) is 25.1. The molecule has 0 atom stereocenters. The van der Waals surface area contributed by atoms with Crippen LogP contribution in [0.4, 0.5) is 0 Å². The number of rotatable bonds is 3. The molecule has 2 heterocycles. The maximum absolute atomic E-state index is 12.1. The van der Waals surface area contributed by atoms with Crippen molar-refractivity contribution in [3.05, 3.63) is 34.9 Å². The molecule has 2 aliphatic heterocycles. The highest BCUT2D eigenvalue weighted by molar-refractivity contribution is 6.30. The monoisotopic (exact) mass is 332 g/mol. The minimum absolute atomic E-state index is 0.396. The third-order valence-corrected chi connectivity index (χ3v) is 6.17. The lowest BCUT2D eigenvalue weighted by molar-refractivity contribution is -0.139. The summed E-state index contributed by atoms with van der Waals surface area (Å²) in [6, 6.07) is 8.78. The number of amides is 1. The largest absolute Gasteiger partial charge is 0.339 e. The Balaban J connectivity index is 1.35. The van der Waals surface area contributed by atoms with Crippen molar-refractivity contribution in [2.24, 2.45) is 5.41 Å². The molecule has 2 saturated heterocycles. The molecule has 1 amide bonds. The van der Waals surface area contributed by atoms with Gasteiger partial charge in [-0.25, -0.2) is 0 Å². The predicted octanol–water partition coefficient (Wildman–Crippen LogP) is 3.71. The molecule has 3 fully saturated rings. The molecule has 0 unspecified atom stereocenters. The minimum atomic E-state index is 0.396. The fourth-order valence-corrected chi connectivity index (χ4v) is 4.33. The van der Waals surface area contributed by atoms with Gasteiger partial charge in [0.1, 0.15) is 0 Å². The molecular formula is C19H25ClN2O. The number of likely N-dealkylation sites (tertiary alicyclic amines) is 2. The van der Waals surface area contributed by atoms with Crippen molar-refractivity contribution >= 4 is 17.5 Å². The zero-order chi connectivity index (χ0) is 15.9. The van der Waals surface area contributed by atoms with Crippen LogP contribution in [0.3, 0.4) is 0 Å². The highest BCUT2D eigenvalue weighted by Gasteiger charge is 2.44. The second-order valence-electron chi connectivity index (χ2n) is 7.66. The number of hydrogen-bond acceptors (Lipinski definition) is 2. The van der Waals surface area contributed by atoms with Crippen LogP contribution in [0.1, 0.15) is 44.1 Å². The number of carbonyl (C=O) groups excluding carboxylic acids is 1. The van der Waals surface area contributed by atoms with Crippen LogP contribution in [0.25, 0.3) is 0 Å². The number of carbonyl (C=O) groups is 1. The Hall–Kier alpha value is -1.06. The van der Waals surface area contributed by atoms with Crippen molar-refractivity contribution < 1.29 is 4.79 Å². The van der Waals surface area contributed by atoms with Gasteiger partial charge in [0.05, 0.1) is 0 Å². The number of piperidine rings is 2. The van der Waals surface area contributed by atoms with Crippen molar-refractivity contribution in [1.82, 2.24) is 9.80 Å². The van der Waals surface area contributed by atoms with Gasteiger partial charge in [0.25, 0.3) is 0 Å². The second kappa shape index (κ2) is 6.10. The summed E-state index contributed by atoms with van der Waals surface area (Å²) in [4.78, 5) is 16.9. The Morgan fingerprint density at radius 1 is 1.09 bits per heavy atom. The SMILES string of the molecule is O=C1CCC2(CCN(Cc3ccc(Cl)cc3)CC2)CN1C1CC1. The van der Waals surface area contributed by atoms with Gasteiger partial charge < -0.3 is 4.90 Å². The lowest BCUT2D eigenvalue weighted by Gasteiger charge is -2.47. The zero-order valence-corrected chi connectivity index (χ0v) is 14.4. The first-order valence-corrected chi connectivity index (χ1v) is 9.28. The summed E-state index contributed by atoms with van der Waals surface area (Å²) in [6.07, 6.45) is 6.79. The van der Waals surface area contributed by atoms with E-state index >= 15 is 0 Å². The van der Waals surface area contributed by atoms with E-state index in [4.69, 9.17) is 11.6 Å². The highest BCUT2D eigenvalue weighted by Crippen LogP contribution is 2.43. The molecule has 23 heavy (non-hydrogen) atoms. The molecule has 0 aromatic heterocycles. The van der Waals surface area contributed by atoms with Gasteiger partial charge in [-0.05, 0) is 68.3 Å². The van der Waals surface area contributed by atoms with Gasteiger partial charge in [0, 0.05) is 30.6 Å². The van der Waals surface area contributed by atoms with Crippen molar-refractivity contribution in [3.63, 3.8) is 0 Å². The summed E-state index contributed by atoms with van der Waals surface area (Å²) >= 11 is 5.96. The number of benzene rings is 1. The summed E-state index contributed by atoms with van der Waals surface area (Å²) in [6.45, 7) is 4.33. The molecular weight excluding hydrogens is 308 g/mol. The lowest BCUT2D eigenvalue weighted by Crippen LogP contribution is -2.52. The molecule has 1 aromatic rings. The first kappa shape index (κ1) is 15.5. The Kier molecular flexibility index (Phi) is 4.10. The van der Waals surface area contributed by atoms with Crippen molar-refractivity contribution in [3.8, 4) is 0 Å². The van der Waals surface area contributed by atoms with Crippen LogP contribution in [0.5, 0.6) is 0 Å². The summed E-state index contributed by atoms with van der Waals surface area (Å²) in [5.74, 6) is 0.404. The van der Waals surface area contributed by atoms with Gasteiger partial charge in [0.15, 0.2) is 0 Å². The van der Waals surface area contributed by atoms with Crippen molar-refractivity contribution in [1.29, 1.82) is 0 Å². The van der Waals surface area contributed by atoms with E-state index in [0.717, 1.165) is 44.0 Å². The molecule has 4 rings (SSSR count). The van der Waals surface area contributed by atoms with E-state index in [9.17, 15) is 4.79 Å². The third-order valence-electron chi connectivity index (χ3n) is 5.92. The molecule has 1 aliphatic carbocycles. The molecule has 124 valence electrons. The number of hydrogen-bond donors (Lipinski definition) is 0. The topological polar surface area (TPSA) is 23.6 Å². The molecule has 0 radical (unpaired) electrons. The molecule has 1 spiro atoms. The number of nitrogens with zero attached hydrogens (tertiary/aromatic N) is 2. The summed E-state index contributed by atoms with van der Waals surface area (Å²) < 4.78 is 0. The number of halogens is 1. The maximum Gasteiger partial charge on any atom is 0.222 e. The summed E-state index contributed by atoms with van der Waals surface area (Å²) in [5, 5.41) is 0.804. The van der Waals surface area contributed by atoms with E-state index in [1.807, 2.05) is 12.1 Å². The van der Waals surface area contributed by atoms with E-state index in [1.165, 1.54) is 31.2 Å². The van der Waals surface area contributed by atoms with E-state index < -0.39 is 0 Å². The fourth-order valence-electron chi connectivity index (χ4n) is 4.20. The Labute approximate surface area is 143 Å². The van der Waals surface area contributed by atoms with Gasteiger partial charge in [-0.3, -0.25) is 9.69 Å². The Bertz CT molecular complexity index is 574. The maximum atomic E-state index is 12.1. The van der Waals surface area contributed by atoms with Crippen LogP contribution >= 0.6 is 11.6 Å². The average molecular weight is 333 g/mol. The molecule has 3 aliphatic rings. The molecule has 0 N–H and O–H groups in total. The van der Waals surface area contributed by atoms with Crippen LogP contribution in [0.2, 0.25) is 5.02 Å². The van der Waals surface area contributed by atoms with Gasteiger partial charge in [-0.1, -0.05) is 23.7 Å². The van der Waals surface area contributed by atoms with Crippen LogP contribution in [-0.4, -0.2) is 41.4 Å². The molecule has 0 bridgehead atoms. The van der Waals surface area contributed by atoms with Gasteiger partial charge in [-0.15, -0.1) is 0 Å². The van der Waals surface area contributed by atoms with Crippen LogP contribution < -0.4 is 0 Å². The third kappa shape index (κ3) is 3.41. The molecule has 4 heteroatoms. The fraction of sp³-hybridized carbons (Fsp3) is 0.632. The van der Waals surface area contributed by atoms with Crippen LogP contribution in [0, 0.1) is 5.41 Å². The first-order chi connectivity index (χ1) is 11.1. The Morgan fingerprint density at radius 3 is 2.43 bits per heavy atom. The van der Waals surface area contributed by atoms with Crippen molar-refractivity contribution in [2.45, 2.75) is 51.1 Å². The van der Waals surface area contributed by atoms with E-state index in [2.05, 4.69) is 21.9 Å². The van der Waals surface area contributed by atoms with Crippen molar-refractivity contribution in [2.75, 3.05) is 19.6 Å².